The third-order valence-corrected chi connectivity index (χ3v) is 4.56. The first-order valence-electron chi connectivity index (χ1n) is 8.61. The molecule has 1 aromatic heterocycles. The molecule has 0 spiro atoms. The molecule has 0 radical (unpaired) electrons. The van der Waals surface area contributed by atoms with E-state index in [2.05, 4.69) is 5.32 Å². The highest BCUT2D eigenvalue weighted by Crippen LogP contribution is 2.28. The van der Waals surface area contributed by atoms with Gasteiger partial charge in [-0.2, -0.15) is 0 Å². The van der Waals surface area contributed by atoms with Gasteiger partial charge in [-0.3, -0.25) is 4.79 Å². The summed E-state index contributed by atoms with van der Waals surface area (Å²) in [5, 5.41) is 23.2. The lowest BCUT2D eigenvalue weighted by atomic mass is 9.75. The van der Waals surface area contributed by atoms with E-state index in [1.54, 1.807) is 6.26 Å². The Labute approximate surface area is 152 Å². The lowest BCUT2D eigenvalue weighted by Crippen LogP contribution is -2.48. The zero-order valence-corrected chi connectivity index (χ0v) is 14.9. The maximum absolute atomic E-state index is 12.3. The van der Waals surface area contributed by atoms with Gasteiger partial charge < -0.3 is 19.8 Å². The summed E-state index contributed by atoms with van der Waals surface area (Å²) in [4.78, 5) is 12.3. The number of hydrogen-bond donors (Lipinski definition) is 3. The Morgan fingerprint density at radius 2 is 1.81 bits per heavy atom. The van der Waals surface area contributed by atoms with Gasteiger partial charge in [0.15, 0.2) is 0 Å². The van der Waals surface area contributed by atoms with E-state index in [0.717, 1.165) is 33.2 Å². The minimum atomic E-state index is -1.66. The minimum absolute atomic E-state index is 0.189. The van der Waals surface area contributed by atoms with Crippen LogP contribution in [0.25, 0.3) is 11.0 Å². The molecule has 1 unspecified atom stereocenters. The van der Waals surface area contributed by atoms with E-state index < -0.39 is 13.1 Å². The van der Waals surface area contributed by atoms with Crippen LogP contribution in [0.4, 0.5) is 0 Å². The van der Waals surface area contributed by atoms with Crippen LogP contribution in [0.2, 0.25) is 0 Å². The predicted octanol–water partition coefficient (Wildman–Crippen LogP) is 2.33. The van der Waals surface area contributed by atoms with Gasteiger partial charge in [-0.05, 0) is 42.5 Å². The van der Waals surface area contributed by atoms with Gasteiger partial charge in [-0.15, -0.1) is 0 Å². The molecular formula is C20H22BNO4. The van der Waals surface area contributed by atoms with Crippen LogP contribution >= 0.6 is 0 Å². The molecule has 3 aromatic rings. The zero-order chi connectivity index (χ0) is 18.7. The number of hydrogen-bond acceptors (Lipinski definition) is 4. The molecule has 1 atom stereocenters. The van der Waals surface area contributed by atoms with Gasteiger partial charge >= 0.3 is 7.12 Å². The summed E-state index contributed by atoms with van der Waals surface area (Å²) in [6.07, 6.45) is 2.09. The molecule has 0 bridgehead atoms. The highest BCUT2D eigenvalue weighted by molar-refractivity contribution is 6.43. The van der Waals surface area contributed by atoms with Crippen molar-refractivity contribution in [2.75, 3.05) is 0 Å². The number of benzene rings is 2. The van der Waals surface area contributed by atoms with Crippen LogP contribution in [0, 0.1) is 13.8 Å². The van der Waals surface area contributed by atoms with Crippen molar-refractivity contribution in [3.05, 3.63) is 71.0 Å². The fraction of sp³-hybridized carbons (Fsp3) is 0.250. The van der Waals surface area contributed by atoms with Crippen LogP contribution in [-0.2, 0) is 17.6 Å². The number of carbonyl (C=O) groups excluding carboxylic acids is 1. The molecule has 3 rings (SSSR count). The molecule has 2 aromatic carbocycles. The molecule has 0 saturated carbocycles. The number of aryl methyl sites for hydroxylation is 2. The Morgan fingerprint density at radius 3 is 2.50 bits per heavy atom. The predicted molar refractivity (Wildman–Crippen MR) is 102 cm³/mol. The summed E-state index contributed by atoms with van der Waals surface area (Å²) in [6, 6.07) is 13.3. The Hall–Kier alpha value is -2.57. The fourth-order valence-electron chi connectivity index (χ4n) is 3.18. The average Bonchev–Trinajstić information content (AvgIpc) is 3.03. The summed E-state index contributed by atoms with van der Waals surface area (Å²) >= 11 is 0. The Bertz CT molecular complexity index is 905. The third kappa shape index (κ3) is 3.98. The van der Waals surface area contributed by atoms with Gasteiger partial charge in [0.1, 0.15) is 5.58 Å². The monoisotopic (exact) mass is 351 g/mol. The SMILES string of the molecule is Cc1ccc(C)c2c(CC(NC(=O)Cc3ccccc3)B(O)O)coc12. The second-order valence-electron chi connectivity index (χ2n) is 6.62. The van der Waals surface area contributed by atoms with Crippen LogP contribution < -0.4 is 5.32 Å². The molecule has 134 valence electrons. The maximum atomic E-state index is 12.3. The van der Waals surface area contributed by atoms with Crippen molar-refractivity contribution in [3.63, 3.8) is 0 Å². The first kappa shape index (κ1) is 18.2. The van der Waals surface area contributed by atoms with Crippen molar-refractivity contribution in [1.82, 2.24) is 5.32 Å². The molecule has 5 nitrogen and oxygen atoms in total. The number of furan rings is 1. The molecule has 3 N–H and O–H groups in total. The smallest absolute Gasteiger partial charge is 0.464 e. The van der Waals surface area contributed by atoms with E-state index in [9.17, 15) is 14.8 Å². The molecule has 0 fully saturated rings. The second-order valence-corrected chi connectivity index (χ2v) is 6.62. The lowest BCUT2D eigenvalue weighted by molar-refractivity contribution is -0.120. The van der Waals surface area contributed by atoms with Crippen LogP contribution in [0.3, 0.4) is 0 Å². The topological polar surface area (TPSA) is 82.7 Å². The first-order chi connectivity index (χ1) is 12.5. The number of rotatable bonds is 6. The number of amides is 1. The Balaban J connectivity index is 1.77. The minimum Gasteiger partial charge on any atom is -0.464 e. The van der Waals surface area contributed by atoms with Gasteiger partial charge in [0, 0.05) is 5.39 Å². The lowest BCUT2D eigenvalue weighted by Gasteiger charge is -2.17. The fourth-order valence-corrected chi connectivity index (χ4v) is 3.18. The van der Waals surface area contributed by atoms with Crippen LogP contribution in [0.15, 0.2) is 53.1 Å². The highest BCUT2D eigenvalue weighted by Gasteiger charge is 2.27. The number of carbonyl (C=O) groups is 1. The van der Waals surface area contributed by atoms with Crippen molar-refractivity contribution in [2.24, 2.45) is 0 Å². The summed E-state index contributed by atoms with van der Waals surface area (Å²) in [6.45, 7) is 3.95. The molecule has 1 amide bonds. The van der Waals surface area contributed by atoms with E-state index in [0.29, 0.717) is 0 Å². The molecule has 0 aliphatic rings. The molecule has 0 saturated heterocycles. The van der Waals surface area contributed by atoms with Gasteiger partial charge in [-0.25, -0.2) is 0 Å². The van der Waals surface area contributed by atoms with Crippen LogP contribution in [0.1, 0.15) is 22.3 Å². The van der Waals surface area contributed by atoms with E-state index in [1.165, 1.54) is 0 Å². The highest BCUT2D eigenvalue weighted by atomic mass is 16.4. The molecule has 1 heterocycles. The average molecular weight is 351 g/mol. The first-order valence-corrected chi connectivity index (χ1v) is 8.61. The Kier molecular flexibility index (Phi) is 5.45. The Morgan fingerprint density at radius 1 is 1.12 bits per heavy atom. The van der Waals surface area contributed by atoms with E-state index in [-0.39, 0.29) is 18.7 Å². The van der Waals surface area contributed by atoms with Crippen molar-refractivity contribution in [2.45, 2.75) is 32.6 Å². The maximum Gasteiger partial charge on any atom is 0.475 e. The van der Waals surface area contributed by atoms with E-state index >= 15 is 0 Å². The quantitative estimate of drug-likeness (QED) is 0.596. The summed E-state index contributed by atoms with van der Waals surface area (Å²) in [5.41, 5.74) is 4.58. The van der Waals surface area contributed by atoms with Crippen molar-refractivity contribution >= 4 is 24.0 Å². The van der Waals surface area contributed by atoms with Crippen molar-refractivity contribution in [3.8, 4) is 0 Å². The normalized spacial score (nSPS) is 12.2. The van der Waals surface area contributed by atoms with Crippen LogP contribution in [-0.4, -0.2) is 29.0 Å². The van der Waals surface area contributed by atoms with Gasteiger partial charge in [0.2, 0.25) is 5.91 Å². The third-order valence-electron chi connectivity index (χ3n) is 4.56. The molecular weight excluding hydrogens is 329 g/mol. The molecule has 0 aliphatic heterocycles. The summed E-state index contributed by atoms with van der Waals surface area (Å²) in [5.74, 6) is -1.07. The van der Waals surface area contributed by atoms with Gasteiger partial charge in [-0.1, -0.05) is 42.5 Å². The standard InChI is InChI=1S/C20H22BNO4/c1-13-8-9-14(2)20-19(13)16(12-26-20)11-17(21(24)25)22-18(23)10-15-6-4-3-5-7-15/h3-9,12,17,24-25H,10-11H2,1-2H3,(H,22,23). The zero-order valence-electron chi connectivity index (χ0n) is 14.9. The summed E-state index contributed by atoms with van der Waals surface area (Å²) in [7, 11) is -1.66. The van der Waals surface area contributed by atoms with Crippen molar-refractivity contribution < 1.29 is 19.3 Å². The van der Waals surface area contributed by atoms with Gasteiger partial charge in [0.05, 0.1) is 18.6 Å². The van der Waals surface area contributed by atoms with Crippen molar-refractivity contribution in [1.29, 1.82) is 0 Å². The molecule has 6 heteroatoms. The largest absolute Gasteiger partial charge is 0.475 e. The molecule has 0 aliphatic carbocycles. The van der Waals surface area contributed by atoms with E-state index in [1.807, 2.05) is 56.3 Å². The second kappa shape index (κ2) is 7.76. The number of nitrogens with one attached hydrogen (secondary N) is 1. The molecule has 26 heavy (non-hydrogen) atoms. The summed E-state index contributed by atoms with van der Waals surface area (Å²) < 4.78 is 5.67. The van der Waals surface area contributed by atoms with Gasteiger partial charge in [0.25, 0.3) is 0 Å². The van der Waals surface area contributed by atoms with Crippen LogP contribution in [0.5, 0.6) is 0 Å². The number of fused-ring (bicyclic) bond motifs is 1. The van der Waals surface area contributed by atoms with E-state index in [4.69, 9.17) is 4.42 Å².